The zero-order valence-corrected chi connectivity index (χ0v) is 24.4. The van der Waals surface area contributed by atoms with Crippen molar-refractivity contribution in [1.29, 1.82) is 0 Å². The van der Waals surface area contributed by atoms with Crippen LogP contribution in [0.15, 0.2) is 12.2 Å². The van der Waals surface area contributed by atoms with Gasteiger partial charge in [-0.3, -0.25) is 0 Å². The monoisotopic (exact) mass is 477 g/mol. The van der Waals surface area contributed by atoms with Gasteiger partial charge in [-0.1, -0.05) is 193 Å². The molecule has 0 aromatic carbocycles. The molecule has 0 fully saturated rings. The van der Waals surface area contributed by atoms with Crippen LogP contribution in [0.3, 0.4) is 0 Å². The predicted octanol–water partition coefficient (Wildman–Crippen LogP) is 13.3. The quantitative estimate of drug-likeness (QED) is 0.0714. The highest BCUT2D eigenvalue weighted by Crippen LogP contribution is 2.15. The Morgan fingerprint density at radius 3 is 0.618 bits per heavy atom. The van der Waals surface area contributed by atoms with Crippen molar-refractivity contribution in [1.82, 2.24) is 0 Å². The average molecular weight is 477 g/mol. The molecule has 0 unspecified atom stereocenters. The van der Waals surface area contributed by atoms with E-state index in [4.69, 9.17) is 0 Å². The van der Waals surface area contributed by atoms with Crippen molar-refractivity contribution in [3.8, 4) is 0 Å². The molecule has 0 aromatic rings. The summed E-state index contributed by atoms with van der Waals surface area (Å²) >= 11 is 0. The number of allylic oxidation sites excluding steroid dienone is 2. The predicted molar refractivity (Wildman–Crippen MR) is 159 cm³/mol. The fourth-order valence-electron chi connectivity index (χ4n) is 5.15. The first-order valence-electron chi connectivity index (χ1n) is 16.6. The van der Waals surface area contributed by atoms with Crippen molar-refractivity contribution in [3.63, 3.8) is 0 Å². The molecule has 0 heterocycles. The van der Waals surface area contributed by atoms with Crippen molar-refractivity contribution >= 4 is 0 Å². The van der Waals surface area contributed by atoms with E-state index in [-0.39, 0.29) is 0 Å². The molecule has 0 bridgehead atoms. The molecule has 0 aliphatic carbocycles. The van der Waals surface area contributed by atoms with Gasteiger partial charge in [-0.25, -0.2) is 0 Å². The maximum Gasteiger partial charge on any atom is -0.0351 e. The zero-order valence-electron chi connectivity index (χ0n) is 24.4. The van der Waals surface area contributed by atoms with E-state index in [0.717, 1.165) is 0 Å². The van der Waals surface area contributed by atoms with Crippen molar-refractivity contribution in [2.45, 2.75) is 206 Å². The summed E-state index contributed by atoms with van der Waals surface area (Å²) in [7, 11) is 0. The van der Waals surface area contributed by atoms with Crippen molar-refractivity contribution in [2.24, 2.45) is 0 Å². The van der Waals surface area contributed by atoms with Gasteiger partial charge in [-0.2, -0.15) is 0 Å². The van der Waals surface area contributed by atoms with Crippen LogP contribution in [0.4, 0.5) is 0 Å². The Kier molecular flexibility index (Phi) is 32.5. The van der Waals surface area contributed by atoms with E-state index in [0.29, 0.717) is 0 Å². The summed E-state index contributed by atoms with van der Waals surface area (Å²) in [4.78, 5) is 0. The second-order valence-electron chi connectivity index (χ2n) is 11.2. The third kappa shape index (κ3) is 31.7. The summed E-state index contributed by atoms with van der Waals surface area (Å²) < 4.78 is 0. The van der Waals surface area contributed by atoms with Gasteiger partial charge in [0.25, 0.3) is 0 Å². The standard InChI is InChI=1S/C34H68/c1-3-5-7-9-11-13-15-17-19-21-23-25-27-29-31-33-34-32-30-28-26-24-22-20-18-16-14-12-10-8-6-4-2/h17,19H,3-16,18,20-34H2,1-2H3/b19-17-. The maximum absolute atomic E-state index is 2.45. The van der Waals surface area contributed by atoms with E-state index >= 15 is 0 Å². The molecule has 34 heavy (non-hydrogen) atoms. The summed E-state index contributed by atoms with van der Waals surface area (Å²) in [5.74, 6) is 0. The Balaban J connectivity index is 3.04. The minimum Gasteiger partial charge on any atom is -0.0885 e. The number of hydrogen-bond acceptors (Lipinski definition) is 0. The van der Waals surface area contributed by atoms with Crippen LogP contribution in [-0.4, -0.2) is 0 Å². The lowest BCUT2D eigenvalue weighted by Gasteiger charge is -2.04. The van der Waals surface area contributed by atoms with Crippen molar-refractivity contribution < 1.29 is 0 Å². The third-order valence-electron chi connectivity index (χ3n) is 7.62. The summed E-state index contributed by atoms with van der Waals surface area (Å²) in [5, 5.41) is 0. The van der Waals surface area contributed by atoms with Crippen LogP contribution >= 0.6 is 0 Å². The summed E-state index contributed by atoms with van der Waals surface area (Å²) in [6, 6.07) is 0. The lowest BCUT2D eigenvalue weighted by atomic mass is 10.0. The molecule has 204 valence electrons. The van der Waals surface area contributed by atoms with Gasteiger partial charge in [-0.15, -0.1) is 0 Å². The Morgan fingerprint density at radius 1 is 0.235 bits per heavy atom. The highest BCUT2D eigenvalue weighted by atomic mass is 14.0. The van der Waals surface area contributed by atoms with Gasteiger partial charge in [-0.05, 0) is 25.7 Å². The molecule has 0 heteroatoms. The van der Waals surface area contributed by atoms with Gasteiger partial charge in [0.2, 0.25) is 0 Å². The minimum absolute atomic E-state index is 1.31. The maximum atomic E-state index is 2.45. The number of hydrogen-bond donors (Lipinski definition) is 0. The average Bonchev–Trinajstić information content (AvgIpc) is 2.85. The molecule has 0 aliphatic rings. The lowest BCUT2D eigenvalue weighted by Crippen LogP contribution is -1.84. The molecular formula is C34H68. The van der Waals surface area contributed by atoms with Gasteiger partial charge in [0, 0.05) is 0 Å². The largest absolute Gasteiger partial charge is 0.0885 e. The molecule has 0 aromatic heterocycles. The second-order valence-corrected chi connectivity index (χ2v) is 11.2. The summed E-state index contributed by atoms with van der Waals surface area (Å²) in [5.41, 5.74) is 0. The molecule has 0 N–H and O–H groups in total. The SMILES string of the molecule is CCCCCCCC/C=C\CCCCCCCCCCCCCCCCCCCCCCCC. The van der Waals surface area contributed by atoms with Gasteiger partial charge in [0.1, 0.15) is 0 Å². The zero-order chi connectivity index (χ0) is 24.6. The number of unbranched alkanes of at least 4 members (excludes halogenated alkanes) is 28. The molecule has 0 radical (unpaired) electrons. The summed E-state index contributed by atoms with van der Waals surface area (Å²) in [6.07, 6.45) is 48.4. The molecule has 0 nitrogen and oxygen atoms in total. The van der Waals surface area contributed by atoms with Crippen LogP contribution in [0.5, 0.6) is 0 Å². The van der Waals surface area contributed by atoms with Crippen LogP contribution in [0, 0.1) is 0 Å². The third-order valence-corrected chi connectivity index (χ3v) is 7.62. The van der Waals surface area contributed by atoms with Gasteiger partial charge in [0.05, 0.1) is 0 Å². The van der Waals surface area contributed by atoms with E-state index < -0.39 is 0 Å². The smallest absolute Gasteiger partial charge is 0.0351 e. The highest BCUT2D eigenvalue weighted by molar-refractivity contribution is 4.81. The fraction of sp³-hybridized carbons (Fsp3) is 0.941. The van der Waals surface area contributed by atoms with Crippen LogP contribution < -0.4 is 0 Å². The fourth-order valence-corrected chi connectivity index (χ4v) is 5.15. The van der Waals surface area contributed by atoms with Crippen molar-refractivity contribution in [3.05, 3.63) is 12.2 Å². The van der Waals surface area contributed by atoms with E-state index in [1.165, 1.54) is 193 Å². The molecule has 0 spiro atoms. The van der Waals surface area contributed by atoms with Crippen LogP contribution in [0.1, 0.15) is 206 Å². The first-order valence-corrected chi connectivity index (χ1v) is 16.6. The normalized spacial score (nSPS) is 11.7. The van der Waals surface area contributed by atoms with E-state index in [9.17, 15) is 0 Å². The molecule has 0 atom stereocenters. The Labute approximate surface area is 218 Å². The van der Waals surface area contributed by atoms with Crippen molar-refractivity contribution in [2.75, 3.05) is 0 Å². The van der Waals surface area contributed by atoms with E-state index in [1.807, 2.05) is 0 Å². The highest BCUT2D eigenvalue weighted by Gasteiger charge is 1.96. The lowest BCUT2D eigenvalue weighted by molar-refractivity contribution is 0.519. The summed E-state index contributed by atoms with van der Waals surface area (Å²) in [6.45, 7) is 4.60. The topological polar surface area (TPSA) is 0 Å². The van der Waals surface area contributed by atoms with E-state index in [1.54, 1.807) is 0 Å². The molecule has 0 aliphatic heterocycles. The molecule has 0 amide bonds. The Bertz CT molecular complexity index is 355. The minimum atomic E-state index is 1.31. The van der Waals surface area contributed by atoms with E-state index in [2.05, 4.69) is 26.0 Å². The molecular weight excluding hydrogens is 408 g/mol. The number of rotatable bonds is 30. The molecule has 0 saturated carbocycles. The van der Waals surface area contributed by atoms with Gasteiger partial charge in [0.15, 0.2) is 0 Å². The molecule has 0 rings (SSSR count). The second kappa shape index (κ2) is 32.7. The molecule has 0 saturated heterocycles. The van der Waals surface area contributed by atoms with Crippen LogP contribution in [-0.2, 0) is 0 Å². The van der Waals surface area contributed by atoms with Gasteiger partial charge < -0.3 is 0 Å². The Hall–Kier alpha value is -0.260. The first kappa shape index (κ1) is 33.7. The Morgan fingerprint density at radius 2 is 0.412 bits per heavy atom. The van der Waals surface area contributed by atoms with Crippen LogP contribution in [0.25, 0.3) is 0 Å². The van der Waals surface area contributed by atoms with Gasteiger partial charge >= 0.3 is 0 Å². The van der Waals surface area contributed by atoms with Crippen LogP contribution in [0.2, 0.25) is 0 Å². The first-order chi connectivity index (χ1) is 16.9.